The van der Waals surface area contributed by atoms with Crippen LogP contribution in [0.15, 0.2) is 28.6 Å². The number of aryl methyl sites for hydroxylation is 1. The summed E-state index contributed by atoms with van der Waals surface area (Å²) in [7, 11) is 0. The average Bonchev–Trinajstić information content (AvgIpc) is 3.34. The van der Waals surface area contributed by atoms with Crippen molar-refractivity contribution < 1.29 is 9.59 Å². The van der Waals surface area contributed by atoms with Crippen molar-refractivity contribution in [3.63, 3.8) is 0 Å². The van der Waals surface area contributed by atoms with E-state index >= 15 is 0 Å². The SMILES string of the molecule is CCSc1nnc(NC(=O)C2CCCc3sc(NC(=O)c4ccc(Cl)cc4)nc32)s1. The zero-order valence-electron chi connectivity index (χ0n) is 16.0. The number of hydrogen-bond acceptors (Lipinski definition) is 8. The summed E-state index contributed by atoms with van der Waals surface area (Å²) in [6.07, 6.45) is 2.46. The smallest absolute Gasteiger partial charge is 0.257 e. The molecule has 0 aliphatic heterocycles. The van der Waals surface area contributed by atoms with Crippen molar-refractivity contribution in [1.29, 1.82) is 0 Å². The summed E-state index contributed by atoms with van der Waals surface area (Å²) in [5.41, 5.74) is 1.24. The Morgan fingerprint density at radius 3 is 2.73 bits per heavy atom. The molecule has 2 heterocycles. The molecule has 1 atom stereocenters. The van der Waals surface area contributed by atoms with Gasteiger partial charge >= 0.3 is 0 Å². The van der Waals surface area contributed by atoms with Crippen molar-refractivity contribution in [1.82, 2.24) is 15.2 Å². The highest BCUT2D eigenvalue weighted by atomic mass is 35.5. The van der Waals surface area contributed by atoms with Gasteiger partial charge in [0, 0.05) is 15.5 Å². The number of nitrogens with one attached hydrogen (secondary N) is 2. The van der Waals surface area contributed by atoms with Gasteiger partial charge in [-0.3, -0.25) is 20.2 Å². The topological polar surface area (TPSA) is 96.9 Å². The molecule has 2 aromatic heterocycles. The van der Waals surface area contributed by atoms with E-state index in [9.17, 15) is 9.59 Å². The summed E-state index contributed by atoms with van der Waals surface area (Å²) < 4.78 is 0.831. The third kappa shape index (κ3) is 4.83. The number of thioether (sulfide) groups is 1. The first kappa shape index (κ1) is 21.2. The van der Waals surface area contributed by atoms with Crippen molar-refractivity contribution in [2.24, 2.45) is 0 Å². The standard InChI is InChI=1S/C19H18ClN5O2S3/c1-2-28-19-25-24-18(30-19)23-16(27)12-4-3-5-13-14(12)21-17(29-13)22-15(26)10-6-8-11(20)9-7-10/h6-9,12H,2-5H2,1H3,(H,21,22,26)(H,23,24,27). The number of anilines is 2. The summed E-state index contributed by atoms with van der Waals surface area (Å²) in [5.74, 6) is 0.143. The van der Waals surface area contributed by atoms with Gasteiger partial charge in [0.25, 0.3) is 5.91 Å². The van der Waals surface area contributed by atoms with E-state index in [0.717, 1.165) is 33.5 Å². The van der Waals surface area contributed by atoms with Crippen LogP contribution in [0, 0.1) is 0 Å². The maximum absolute atomic E-state index is 12.9. The number of carbonyl (C=O) groups is 2. The average molecular weight is 480 g/mol. The quantitative estimate of drug-likeness (QED) is 0.378. The third-order valence-corrected chi connectivity index (χ3v) is 7.65. The van der Waals surface area contributed by atoms with Crippen molar-refractivity contribution in [3.8, 4) is 0 Å². The van der Waals surface area contributed by atoms with E-state index in [2.05, 4.69) is 25.8 Å². The Hall–Kier alpha value is -2.01. The summed E-state index contributed by atoms with van der Waals surface area (Å²) in [6, 6.07) is 6.66. The molecule has 0 fully saturated rings. The number of nitrogens with zero attached hydrogens (tertiary/aromatic N) is 3. The number of amides is 2. The molecule has 4 rings (SSSR count). The molecular formula is C19H18ClN5O2S3. The van der Waals surface area contributed by atoms with E-state index in [1.807, 2.05) is 6.92 Å². The molecule has 1 aromatic carbocycles. The van der Waals surface area contributed by atoms with Crippen LogP contribution in [0.5, 0.6) is 0 Å². The summed E-state index contributed by atoms with van der Waals surface area (Å²) in [5, 5.41) is 15.4. The highest BCUT2D eigenvalue weighted by Crippen LogP contribution is 2.38. The zero-order valence-corrected chi connectivity index (χ0v) is 19.2. The van der Waals surface area contributed by atoms with E-state index in [0.29, 0.717) is 27.3 Å². The van der Waals surface area contributed by atoms with Crippen LogP contribution in [-0.2, 0) is 11.2 Å². The van der Waals surface area contributed by atoms with Crippen LogP contribution in [0.4, 0.5) is 10.3 Å². The van der Waals surface area contributed by atoms with E-state index in [1.54, 1.807) is 36.0 Å². The highest BCUT2D eigenvalue weighted by molar-refractivity contribution is 8.01. The van der Waals surface area contributed by atoms with Gasteiger partial charge in [-0.2, -0.15) is 0 Å². The molecule has 11 heteroatoms. The highest BCUT2D eigenvalue weighted by Gasteiger charge is 2.31. The third-order valence-electron chi connectivity index (χ3n) is 4.50. The molecule has 1 aliphatic carbocycles. The molecule has 3 aromatic rings. The van der Waals surface area contributed by atoms with Gasteiger partial charge in [-0.1, -0.05) is 41.6 Å². The van der Waals surface area contributed by atoms with Crippen molar-refractivity contribution in [2.45, 2.75) is 36.4 Å². The Kier molecular flexibility index (Phi) is 6.67. The fourth-order valence-electron chi connectivity index (χ4n) is 3.13. The Morgan fingerprint density at radius 1 is 1.17 bits per heavy atom. The second-order valence-corrected chi connectivity index (χ2v) is 10.5. The van der Waals surface area contributed by atoms with Gasteiger partial charge in [-0.15, -0.1) is 21.5 Å². The molecular weight excluding hydrogens is 462 g/mol. The van der Waals surface area contributed by atoms with Crippen LogP contribution in [0.2, 0.25) is 5.02 Å². The first-order chi connectivity index (χ1) is 14.5. The second-order valence-electron chi connectivity index (χ2n) is 6.53. The molecule has 156 valence electrons. The minimum absolute atomic E-state index is 0.138. The van der Waals surface area contributed by atoms with Gasteiger partial charge < -0.3 is 0 Å². The molecule has 0 saturated heterocycles. The monoisotopic (exact) mass is 479 g/mol. The molecule has 0 spiro atoms. The fraction of sp³-hybridized carbons (Fsp3) is 0.316. The molecule has 30 heavy (non-hydrogen) atoms. The molecule has 1 unspecified atom stereocenters. The number of rotatable bonds is 6. The predicted octanol–water partition coefficient (Wildman–Crippen LogP) is 5.07. The van der Waals surface area contributed by atoms with E-state index in [-0.39, 0.29) is 17.7 Å². The van der Waals surface area contributed by atoms with Gasteiger partial charge in [0.2, 0.25) is 11.0 Å². The lowest BCUT2D eigenvalue weighted by Gasteiger charge is -2.19. The van der Waals surface area contributed by atoms with Gasteiger partial charge in [0.1, 0.15) is 0 Å². The van der Waals surface area contributed by atoms with Crippen molar-refractivity contribution in [3.05, 3.63) is 45.4 Å². The lowest BCUT2D eigenvalue weighted by Crippen LogP contribution is -2.24. The summed E-state index contributed by atoms with van der Waals surface area (Å²) >= 11 is 10.3. The molecule has 0 saturated carbocycles. The normalized spacial score (nSPS) is 15.5. The lowest BCUT2D eigenvalue weighted by molar-refractivity contribution is -0.117. The fourth-order valence-corrected chi connectivity index (χ4v) is 5.97. The minimum Gasteiger partial charge on any atom is -0.300 e. The van der Waals surface area contributed by atoms with Gasteiger partial charge in [-0.25, -0.2) is 4.98 Å². The first-order valence-electron chi connectivity index (χ1n) is 9.37. The number of aromatic nitrogens is 3. The van der Waals surface area contributed by atoms with Crippen molar-refractivity contribution >= 4 is 68.1 Å². The maximum atomic E-state index is 12.9. The van der Waals surface area contributed by atoms with Gasteiger partial charge in [0.15, 0.2) is 9.47 Å². The van der Waals surface area contributed by atoms with Crippen LogP contribution in [0.3, 0.4) is 0 Å². The number of hydrogen-bond donors (Lipinski definition) is 2. The van der Waals surface area contributed by atoms with Gasteiger partial charge in [-0.05, 0) is 49.3 Å². The number of fused-ring (bicyclic) bond motifs is 1. The van der Waals surface area contributed by atoms with Gasteiger partial charge in [0.05, 0.1) is 11.6 Å². The Morgan fingerprint density at radius 2 is 1.97 bits per heavy atom. The number of halogens is 1. The van der Waals surface area contributed by atoms with E-state index < -0.39 is 0 Å². The molecule has 0 radical (unpaired) electrons. The zero-order chi connectivity index (χ0) is 21.1. The Bertz CT molecular complexity index is 1070. The summed E-state index contributed by atoms with van der Waals surface area (Å²) in [6.45, 7) is 2.04. The Labute approximate surface area is 190 Å². The molecule has 2 amide bonds. The van der Waals surface area contributed by atoms with Crippen molar-refractivity contribution in [2.75, 3.05) is 16.4 Å². The Balaban J connectivity index is 1.47. The summed E-state index contributed by atoms with van der Waals surface area (Å²) in [4.78, 5) is 30.9. The lowest BCUT2D eigenvalue weighted by atomic mass is 9.90. The predicted molar refractivity (Wildman–Crippen MR) is 122 cm³/mol. The molecule has 1 aliphatic rings. The molecule has 7 nitrogen and oxygen atoms in total. The largest absolute Gasteiger partial charge is 0.300 e. The van der Waals surface area contributed by atoms with Crippen LogP contribution >= 0.6 is 46.0 Å². The number of thiazole rings is 1. The number of carbonyl (C=O) groups excluding carboxylic acids is 2. The van der Waals surface area contributed by atoms with Crippen LogP contribution in [0.1, 0.15) is 46.6 Å². The molecule has 2 N–H and O–H groups in total. The van der Waals surface area contributed by atoms with Crippen LogP contribution in [-0.4, -0.2) is 32.7 Å². The van der Waals surface area contributed by atoms with Crippen LogP contribution < -0.4 is 10.6 Å². The minimum atomic E-state index is -0.364. The maximum Gasteiger partial charge on any atom is 0.257 e. The molecule has 0 bridgehead atoms. The van der Waals surface area contributed by atoms with E-state index in [1.165, 1.54) is 22.7 Å². The second kappa shape index (κ2) is 9.42. The first-order valence-corrected chi connectivity index (χ1v) is 12.4. The van der Waals surface area contributed by atoms with E-state index in [4.69, 9.17) is 11.6 Å². The van der Waals surface area contributed by atoms with Crippen LogP contribution in [0.25, 0.3) is 0 Å². The number of benzene rings is 1.